The van der Waals surface area contributed by atoms with Crippen molar-refractivity contribution in [3.63, 3.8) is 0 Å². The van der Waals surface area contributed by atoms with Crippen LogP contribution in [-0.4, -0.2) is 5.88 Å². The molecular formula is C11H10ClF3. The van der Waals surface area contributed by atoms with Crippen LogP contribution < -0.4 is 0 Å². The number of halogens is 4. The summed E-state index contributed by atoms with van der Waals surface area (Å²) in [4.78, 5) is 0. The van der Waals surface area contributed by atoms with Gasteiger partial charge < -0.3 is 0 Å². The van der Waals surface area contributed by atoms with Crippen LogP contribution in [0.15, 0.2) is 24.8 Å². The number of hydrogen-bond donors (Lipinski definition) is 0. The molecule has 0 aliphatic carbocycles. The van der Waals surface area contributed by atoms with Crippen LogP contribution >= 0.6 is 11.6 Å². The lowest BCUT2D eigenvalue weighted by atomic mass is 10.0. The predicted octanol–water partition coefficient (Wildman–Crippen LogP) is 4.27. The van der Waals surface area contributed by atoms with Gasteiger partial charge in [0.15, 0.2) is 0 Å². The highest BCUT2D eigenvalue weighted by Gasteiger charge is 2.32. The number of alkyl halides is 4. The first kappa shape index (κ1) is 12.1. The molecule has 1 aromatic carbocycles. The second kappa shape index (κ2) is 4.27. The van der Waals surface area contributed by atoms with Gasteiger partial charge in [-0.2, -0.15) is 13.2 Å². The Hall–Kier alpha value is -0.960. The van der Waals surface area contributed by atoms with E-state index < -0.39 is 11.7 Å². The Bertz CT molecular complexity index is 380. The summed E-state index contributed by atoms with van der Waals surface area (Å²) in [6, 6.07) is 4.10. The van der Waals surface area contributed by atoms with Gasteiger partial charge in [-0.15, -0.1) is 11.6 Å². The van der Waals surface area contributed by atoms with Crippen molar-refractivity contribution in [2.24, 2.45) is 0 Å². The Morgan fingerprint density at radius 2 is 2.00 bits per heavy atom. The minimum Gasteiger partial charge on any atom is -0.166 e. The lowest BCUT2D eigenvalue weighted by Crippen LogP contribution is -2.08. The summed E-state index contributed by atoms with van der Waals surface area (Å²) < 4.78 is 37.6. The van der Waals surface area contributed by atoms with Gasteiger partial charge in [-0.3, -0.25) is 0 Å². The molecule has 0 aliphatic heterocycles. The Kier molecular flexibility index (Phi) is 3.45. The van der Waals surface area contributed by atoms with Crippen molar-refractivity contribution in [2.75, 3.05) is 5.88 Å². The fraction of sp³-hybridized carbons (Fsp3) is 0.273. The lowest BCUT2D eigenvalue weighted by molar-refractivity contribution is -0.138. The Morgan fingerprint density at radius 3 is 2.47 bits per heavy atom. The van der Waals surface area contributed by atoms with Crippen LogP contribution in [0.3, 0.4) is 0 Å². The Balaban J connectivity index is 3.23. The monoisotopic (exact) mass is 234 g/mol. The van der Waals surface area contributed by atoms with Crippen LogP contribution in [-0.2, 0) is 6.18 Å². The molecule has 0 saturated heterocycles. The van der Waals surface area contributed by atoms with Gasteiger partial charge in [-0.25, -0.2) is 0 Å². The molecule has 0 atom stereocenters. The maximum absolute atomic E-state index is 12.5. The number of rotatable bonds is 2. The molecule has 0 bridgehead atoms. The minimum absolute atomic E-state index is 0.125. The van der Waals surface area contributed by atoms with E-state index in [1.165, 1.54) is 13.0 Å². The van der Waals surface area contributed by atoms with Gasteiger partial charge in [-0.1, -0.05) is 18.7 Å². The van der Waals surface area contributed by atoms with Gasteiger partial charge >= 0.3 is 6.18 Å². The van der Waals surface area contributed by atoms with E-state index >= 15 is 0 Å². The number of allylic oxidation sites excluding steroid dienone is 1. The fourth-order valence-corrected chi connectivity index (χ4v) is 1.38. The largest absolute Gasteiger partial charge is 0.416 e. The molecule has 0 spiro atoms. The van der Waals surface area contributed by atoms with Crippen LogP contribution in [0.5, 0.6) is 0 Å². The molecule has 0 aliphatic rings. The van der Waals surface area contributed by atoms with Gasteiger partial charge in [0.05, 0.1) is 5.56 Å². The first-order chi connectivity index (χ1) is 6.86. The van der Waals surface area contributed by atoms with E-state index in [9.17, 15) is 13.2 Å². The highest BCUT2D eigenvalue weighted by Crippen LogP contribution is 2.33. The maximum atomic E-state index is 12.5. The quantitative estimate of drug-likeness (QED) is 0.671. The zero-order valence-corrected chi connectivity index (χ0v) is 8.91. The van der Waals surface area contributed by atoms with Crippen molar-refractivity contribution in [1.29, 1.82) is 0 Å². The molecule has 0 N–H and O–H groups in total. The molecule has 1 aromatic rings. The second-order valence-corrected chi connectivity index (χ2v) is 3.53. The smallest absolute Gasteiger partial charge is 0.166 e. The van der Waals surface area contributed by atoms with Gasteiger partial charge in [-0.05, 0) is 29.7 Å². The van der Waals surface area contributed by atoms with Gasteiger partial charge in [0.1, 0.15) is 0 Å². The normalized spacial score (nSPS) is 11.5. The summed E-state index contributed by atoms with van der Waals surface area (Å²) in [5.74, 6) is 0.125. The molecule has 0 amide bonds. The SMILES string of the molecule is C=C(CCl)c1ccc(C)c(C(F)(F)F)c1. The third-order valence-electron chi connectivity index (χ3n) is 2.11. The minimum atomic E-state index is -4.33. The average Bonchev–Trinajstić information content (AvgIpc) is 2.15. The first-order valence-electron chi connectivity index (χ1n) is 4.28. The summed E-state index contributed by atoms with van der Waals surface area (Å²) in [6.45, 7) is 5.02. The molecule has 0 unspecified atom stereocenters. The highest BCUT2D eigenvalue weighted by atomic mass is 35.5. The van der Waals surface area contributed by atoms with Crippen molar-refractivity contribution in [3.8, 4) is 0 Å². The third kappa shape index (κ3) is 2.75. The van der Waals surface area contributed by atoms with E-state index in [-0.39, 0.29) is 11.4 Å². The van der Waals surface area contributed by atoms with Gasteiger partial charge in [0, 0.05) is 5.88 Å². The summed E-state index contributed by atoms with van der Waals surface area (Å²) in [5, 5.41) is 0. The molecule has 82 valence electrons. The number of aryl methyl sites for hydroxylation is 1. The van der Waals surface area contributed by atoms with Crippen LogP contribution in [0, 0.1) is 6.92 Å². The summed E-state index contributed by atoms with van der Waals surface area (Å²) in [7, 11) is 0. The van der Waals surface area contributed by atoms with Crippen LogP contribution in [0.1, 0.15) is 16.7 Å². The highest BCUT2D eigenvalue weighted by molar-refractivity contribution is 6.23. The first-order valence-corrected chi connectivity index (χ1v) is 4.81. The summed E-state index contributed by atoms with van der Waals surface area (Å²) in [5.41, 5.74) is 0.491. The third-order valence-corrected chi connectivity index (χ3v) is 2.44. The van der Waals surface area contributed by atoms with E-state index in [1.807, 2.05) is 0 Å². The molecule has 0 aromatic heterocycles. The molecule has 1 rings (SSSR count). The van der Waals surface area contributed by atoms with E-state index in [4.69, 9.17) is 11.6 Å². The van der Waals surface area contributed by atoms with E-state index in [0.29, 0.717) is 11.1 Å². The van der Waals surface area contributed by atoms with Crippen molar-refractivity contribution >= 4 is 17.2 Å². The zero-order chi connectivity index (χ0) is 11.6. The van der Waals surface area contributed by atoms with E-state index in [0.717, 1.165) is 6.07 Å². The Morgan fingerprint density at radius 1 is 1.40 bits per heavy atom. The molecule has 0 saturated carbocycles. The lowest BCUT2D eigenvalue weighted by Gasteiger charge is -2.12. The topological polar surface area (TPSA) is 0 Å². The molecule has 15 heavy (non-hydrogen) atoms. The average molecular weight is 235 g/mol. The van der Waals surface area contributed by atoms with Gasteiger partial charge in [0.25, 0.3) is 0 Å². The number of benzene rings is 1. The molecule has 0 heterocycles. The maximum Gasteiger partial charge on any atom is 0.416 e. The zero-order valence-electron chi connectivity index (χ0n) is 8.16. The van der Waals surface area contributed by atoms with Crippen molar-refractivity contribution in [3.05, 3.63) is 41.5 Å². The van der Waals surface area contributed by atoms with Crippen molar-refractivity contribution < 1.29 is 13.2 Å². The van der Waals surface area contributed by atoms with Crippen molar-refractivity contribution in [2.45, 2.75) is 13.1 Å². The van der Waals surface area contributed by atoms with Crippen LogP contribution in [0.25, 0.3) is 5.57 Å². The molecule has 0 fully saturated rings. The van der Waals surface area contributed by atoms with Crippen molar-refractivity contribution in [1.82, 2.24) is 0 Å². The summed E-state index contributed by atoms with van der Waals surface area (Å²) >= 11 is 5.51. The molecule has 4 heteroatoms. The van der Waals surface area contributed by atoms with E-state index in [2.05, 4.69) is 6.58 Å². The molecule has 0 radical (unpaired) electrons. The Labute approximate surface area is 91.4 Å². The number of hydrogen-bond acceptors (Lipinski definition) is 0. The predicted molar refractivity (Wildman–Crippen MR) is 55.9 cm³/mol. The van der Waals surface area contributed by atoms with Gasteiger partial charge in [0.2, 0.25) is 0 Å². The summed E-state index contributed by atoms with van der Waals surface area (Å²) in [6.07, 6.45) is -4.33. The standard InChI is InChI=1S/C11H10ClF3/c1-7-3-4-9(8(2)6-12)5-10(7)11(13,14)15/h3-5H,2,6H2,1H3. The van der Waals surface area contributed by atoms with E-state index in [1.54, 1.807) is 6.07 Å². The fourth-order valence-electron chi connectivity index (χ4n) is 1.22. The van der Waals surface area contributed by atoms with Crippen LogP contribution in [0.2, 0.25) is 0 Å². The van der Waals surface area contributed by atoms with Crippen LogP contribution in [0.4, 0.5) is 13.2 Å². The molecule has 0 nitrogen and oxygen atoms in total. The molecular weight excluding hydrogens is 225 g/mol. The second-order valence-electron chi connectivity index (χ2n) is 3.26.